The maximum Gasteiger partial charge on any atom is 0.315 e. The average molecular weight is 206 g/mol. The van der Waals surface area contributed by atoms with Gasteiger partial charge in [-0.3, -0.25) is 0 Å². The van der Waals surface area contributed by atoms with Crippen molar-refractivity contribution in [3.8, 4) is 0 Å². The van der Waals surface area contributed by atoms with Crippen LogP contribution in [0.2, 0.25) is 0 Å². The molecule has 1 saturated heterocycles. The molecule has 1 heterocycles. The molecule has 0 spiro atoms. The summed E-state index contributed by atoms with van der Waals surface area (Å²) in [6, 6.07) is 9.87. The van der Waals surface area contributed by atoms with Crippen LogP contribution >= 0.6 is 0 Å². The minimum Gasteiger partial charge on any atom is -0.377 e. The maximum atomic E-state index is 11.3. The van der Waals surface area contributed by atoms with Crippen LogP contribution in [-0.2, 0) is 11.3 Å². The highest BCUT2D eigenvalue weighted by atomic mass is 16.5. The molecule has 1 aliphatic heterocycles. The van der Waals surface area contributed by atoms with Gasteiger partial charge in [0.15, 0.2) is 0 Å². The first-order valence-electron chi connectivity index (χ1n) is 5.00. The normalized spacial score (nSPS) is 15.5. The summed E-state index contributed by atoms with van der Waals surface area (Å²) in [6.07, 6.45) is 0. The van der Waals surface area contributed by atoms with Crippen molar-refractivity contribution < 1.29 is 9.53 Å². The topological polar surface area (TPSA) is 50.4 Å². The van der Waals surface area contributed by atoms with Gasteiger partial charge in [-0.15, -0.1) is 0 Å². The monoisotopic (exact) mass is 206 g/mol. The molecular formula is C11H14N2O2. The van der Waals surface area contributed by atoms with E-state index in [-0.39, 0.29) is 12.1 Å². The van der Waals surface area contributed by atoms with Gasteiger partial charge in [0.25, 0.3) is 0 Å². The Morgan fingerprint density at radius 3 is 2.67 bits per heavy atom. The number of amides is 2. The number of rotatable bonds is 3. The molecule has 4 heteroatoms. The van der Waals surface area contributed by atoms with Crippen LogP contribution in [-0.4, -0.2) is 25.3 Å². The third kappa shape index (κ3) is 2.95. The van der Waals surface area contributed by atoms with E-state index in [0.29, 0.717) is 19.8 Å². The van der Waals surface area contributed by atoms with Crippen molar-refractivity contribution in [2.24, 2.45) is 0 Å². The molecule has 0 unspecified atom stereocenters. The summed E-state index contributed by atoms with van der Waals surface area (Å²) in [5.41, 5.74) is 1.09. The lowest BCUT2D eigenvalue weighted by Gasteiger charge is -2.26. The Hall–Kier alpha value is -1.55. The van der Waals surface area contributed by atoms with Crippen LogP contribution in [0.4, 0.5) is 4.79 Å². The summed E-state index contributed by atoms with van der Waals surface area (Å²) in [7, 11) is 0. The van der Waals surface area contributed by atoms with Gasteiger partial charge >= 0.3 is 6.03 Å². The van der Waals surface area contributed by atoms with Crippen LogP contribution in [0, 0.1) is 0 Å². The highest BCUT2D eigenvalue weighted by Crippen LogP contribution is 2.00. The number of carbonyl (C=O) groups is 1. The second-order valence-corrected chi connectivity index (χ2v) is 3.55. The number of ether oxygens (including phenoxy) is 1. The quantitative estimate of drug-likeness (QED) is 0.771. The van der Waals surface area contributed by atoms with E-state index in [1.807, 2.05) is 30.3 Å². The first-order chi connectivity index (χ1) is 7.34. The van der Waals surface area contributed by atoms with Crippen molar-refractivity contribution in [3.63, 3.8) is 0 Å². The fourth-order valence-electron chi connectivity index (χ4n) is 1.33. The smallest absolute Gasteiger partial charge is 0.315 e. The standard InChI is InChI=1S/C11H14N2O2/c14-11(13-10-7-15-8-10)12-6-9-4-2-1-3-5-9/h1-5,10H,6-8H2,(H2,12,13,14). The van der Waals surface area contributed by atoms with Crippen molar-refractivity contribution >= 4 is 6.03 Å². The molecule has 0 aliphatic carbocycles. The minimum atomic E-state index is -0.132. The molecule has 2 rings (SSSR count). The lowest BCUT2D eigenvalue weighted by atomic mass is 10.2. The van der Waals surface area contributed by atoms with Crippen LogP contribution < -0.4 is 10.6 Å². The Labute approximate surface area is 88.6 Å². The van der Waals surface area contributed by atoms with Crippen molar-refractivity contribution in [1.29, 1.82) is 0 Å². The molecule has 0 bridgehead atoms. The zero-order valence-electron chi connectivity index (χ0n) is 8.40. The van der Waals surface area contributed by atoms with Crippen LogP contribution in [0.1, 0.15) is 5.56 Å². The van der Waals surface area contributed by atoms with Gasteiger partial charge in [0.2, 0.25) is 0 Å². The number of urea groups is 1. The maximum absolute atomic E-state index is 11.3. The SMILES string of the molecule is O=C(NCc1ccccc1)NC1COC1. The second-order valence-electron chi connectivity index (χ2n) is 3.55. The summed E-state index contributed by atoms with van der Waals surface area (Å²) in [6.45, 7) is 1.80. The molecule has 2 N–H and O–H groups in total. The minimum absolute atomic E-state index is 0.132. The van der Waals surface area contributed by atoms with Gasteiger partial charge in [0, 0.05) is 6.54 Å². The third-order valence-electron chi connectivity index (χ3n) is 2.27. The van der Waals surface area contributed by atoms with E-state index in [1.54, 1.807) is 0 Å². The van der Waals surface area contributed by atoms with Crippen molar-refractivity contribution in [2.75, 3.05) is 13.2 Å². The van der Waals surface area contributed by atoms with E-state index >= 15 is 0 Å². The van der Waals surface area contributed by atoms with E-state index in [4.69, 9.17) is 4.74 Å². The number of nitrogens with one attached hydrogen (secondary N) is 2. The van der Waals surface area contributed by atoms with E-state index < -0.39 is 0 Å². The van der Waals surface area contributed by atoms with Gasteiger partial charge in [-0.1, -0.05) is 30.3 Å². The number of hydrogen-bond donors (Lipinski definition) is 2. The van der Waals surface area contributed by atoms with Gasteiger partial charge in [-0.25, -0.2) is 4.79 Å². The van der Waals surface area contributed by atoms with E-state index in [2.05, 4.69) is 10.6 Å². The Morgan fingerprint density at radius 2 is 2.07 bits per heavy atom. The molecular weight excluding hydrogens is 192 g/mol. The molecule has 80 valence electrons. The molecule has 1 aromatic carbocycles. The Bertz CT molecular complexity index is 323. The fourth-order valence-corrected chi connectivity index (χ4v) is 1.33. The summed E-state index contributed by atoms with van der Waals surface area (Å²) in [5, 5.41) is 5.60. The zero-order chi connectivity index (χ0) is 10.5. The lowest BCUT2D eigenvalue weighted by Crippen LogP contribution is -2.51. The zero-order valence-corrected chi connectivity index (χ0v) is 8.40. The molecule has 0 atom stereocenters. The molecule has 2 amide bonds. The van der Waals surface area contributed by atoms with Gasteiger partial charge in [-0.05, 0) is 5.56 Å². The summed E-state index contributed by atoms with van der Waals surface area (Å²) >= 11 is 0. The molecule has 15 heavy (non-hydrogen) atoms. The molecule has 0 aromatic heterocycles. The average Bonchev–Trinajstić information content (AvgIpc) is 2.22. The molecule has 1 aliphatic rings. The van der Waals surface area contributed by atoms with Crippen LogP contribution in [0.5, 0.6) is 0 Å². The van der Waals surface area contributed by atoms with Gasteiger partial charge in [-0.2, -0.15) is 0 Å². The largest absolute Gasteiger partial charge is 0.377 e. The second kappa shape index (κ2) is 4.79. The van der Waals surface area contributed by atoms with Gasteiger partial charge < -0.3 is 15.4 Å². The van der Waals surface area contributed by atoms with E-state index in [1.165, 1.54) is 0 Å². The van der Waals surface area contributed by atoms with Crippen LogP contribution in [0.3, 0.4) is 0 Å². The highest BCUT2D eigenvalue weighted by Gasteiger charge is 2.19. The molecule has 0 radical (unpaired) electrons. The number of benzene rings is 1. The van der Waals surface area contributed by atoms with Crippen LogP contribution in [0.15, 0.2) is 30.3 Å². The van der Waals surface area contributed by atoms with Crippen molar-refractivity contribution in [1.82, 2.24) is 10.6 Å². The first-order valence-corrected chi connectivity index (χ1v) is 5.00. The summed E-state index contributed by atoms with van der Waals surface area (Å²) in [5.74, 6) is 0. The predicted molar refractivity (Wildman–Crippen MR) is 56.4 cm³/mol. The predicted octanol–water partition coefficient (Wildman–Crippen LogP) is 0.885. The van der Waals surface area contributed by atoms with Crippen molar-refractivity contribution in [3.05, 3.63) is 35.9 Å². The van der Waals surface area contributed by atoms with Gasteiger partial charge in [0.1, 0.15) is 0 Å². The fraction of sp³-hybridized carbons (Fsp3) is 0.364. The molecule has 1 aromatic rings. The van der Waals surface area contributed by atoms with E-state index in [9.17, 15) is 4.79 Å². The van der Waals surface area contributed by atoms with Crippen molar-refractivity contribution in [2.45, 2.75) is 12.6 Å². The highest BCUT2D eigenvalue weighted by molar-refractivity contribution is 5.74. The molecule has 1 fully saturated rings. The summed E-state index contributed by atoms with van der Waals surface area (Å²) < 4.78 is 4.96. The van der Waals surface area contributed by atoms with Crippen LogP contribution in [0.25, 0.3) is 0 Å². The number of hydrogen-bond acceptors (Lipinski definition) is 2. The Balaban J connectivity index is 1.71. The van der Waals surface area contributed by atoms with Gasteiger partial charge in [0.05, 0.1) is 19.3 Å². The Morgan fingerprint density at radius 1 is 1.33 bits per heavy atom. The molecule has 0 saturated carbocycles. The number of carbonyl (C=O) groups excluding carboxylic acids is 1. The Kier molecular flexibility index (Phi) is 3.19. The molecule has 4 nitrogen and oxygen atoms in total. The lowest BCUT2D eigenvalue weighted by molar-refractivity contribution is -0.0000136. The van der Waals surface area contributed by atoms with E-state index in [0.717, 1.165) is 5.56 Å². The first kappa shape index (κ1) is 9.98. The third-order valence-corrected chi connectivity index (χ3v) is 2.27. The summed E-state index contributed by atoms with van der Waals surface area (Å²) in [4.78, 5) is 11.3.